The highest BCUT2D eigenvalue weighted by Crippen LogP contribution is 2.37. The van der Waals surface area contributed by atoms with Gasteiger partial charge in [0.05, 0.1) is 0 Å². The number of hydrogen-bond donors (Lipinski definition) is 0. The highest BCUT2D eigenvalue weighted by atomic mass is 28.4. The Morgan fingerprint density at radius 3 is 1.97 bits per heavy atom. The fourth-order valence-corrected chi connectivity index (χ4v) is 5.22. The molecule has 0 fully saturated rings. The molecule has 0 N–H and O–H groups in total. The predicted molar refractivity (Wildman–Crippen MR) is 156 cm³/mol. The molecule has 3 aromatic rings. The Balaban J connectivity index is 1.54. The molecule has 3 aromatic carbocycles. The molecule has 0 bridgehead atoms. The average molecular weight is 501 g/mol. The molecule has 0 amide bonds. The number of rotatable bonds is 12. The molecule has 0 unspecified atom stereocenters. The molecule has 0 saturated carbocycles. The Morgan fingerprint density at radius 2 is 1.39 bits per heavy atom. The lowest BCUT2D eigenvalue weighted by Gasteiger charge is -2.36. The molecule has 192 valence electrons. The van der Waals surface area contributed by atoms with E-state index in [-0.39, 0.29) is 11.0 Å². The molecular weight excluding hydrogens is 456 g/mol. The summed E-state index contributed by atoms with van der Waals surface area (Å²) in [7, 11) is -1.64. The minimum absolute atomic E-state index is 0.181. The van der Waals surface area contributed by atoms with Gasteiger partial charge in [-0.1, -0.05) is 113 Å². The third-order valence-electron chi connectivity index (χ3n) is 7.34. The Bertz CT molecular complexity index is 1030. The van der Waals surface area contributed by atoms with Crippen LogP contribution >= 0.6 is 0 Å². The van der Waals surface area contributed by atoms with Crippen molar-refractivity contribution in [2.24, 2.45) is 5.92 Å². The molecule has 1 atom stereocenters. The molecule has 0 spiro atoms. The van der Waals surface area contributed by atoms with Crippen LogP contribution in [0.1, 0.15) is 63.1 Å². The predicted octanol–water partition coefficient (Wildman–Crippen LogP) is 9.24. The molecule has 3 heteroatoms. The van der Waals surface area contributed by atoms with Crippen LogP contribution in [0.2, 0.25) is 18.1 Å². The number of allylic oxidation sites excluding steroid dienone is 1. The summed E-state index contributed by atoms with van der Waals surface area (Å²) in [6.45, 7) is 15.2. The fourth-order valence-electron chi connectivity index (χ4n) is 4.13. The summed E-state index contributed by atoms with van der Waals surface area (Å²) in [5, 5.41) is 0.273. The van der Waals surface area contributed by atoms with Gasteiger partial charge in [-0.3, -0.25) is 0 Å². The normalized spacial score (nSPS) is 13.3. The zero-order valence-corrected chi connectivity index (χ0v) is 24.0. The van der Waals surface area contributed by atoms with Crippen LogP contribution in [0, 0.1) is 5.92 Å². The van der Waals surface area contributed by atoms with Crippen LogP contribution in [0.15, 0.2) is 97.1 Å². The van der Waals surface area contributed by atoms with Crippen LogP contribution in [0.25, 0.3) is 0 Å². The van der Waals surface area contributed by atoms with Crippen molar-refractivity contribution in [2.75, 3.05) is 13.2 Å². The SMILES string of the molecule is C[C@@H](/C=C/COc1cccc(C(c2ccccc2)c2ccccc2)c1)CCCO[Si](C)(C)C(C)(C)C. The van der Waals surface area contributed by atoms with Crippen molar-refractivity contribution in [1.29, 1.82) is 0 Å². The summed E-state index contributed by atoms with van der Waals surface area (Å²) in [5.74, 6) is 1.60. The molecule has 36 heavy (non-hydrogen) atoms. The second-order valence-corrected chi connectivity index (χ2v) is 16.1. The zero-order chi connectivity index (χ0) is 26.0. The van der Waals surface area contributed by atoms with Gasteiger partial charge in [0.15, 0.2) is 8.32 Å². The molecule has 0 aliphatic heterocycles. The average Bonchev–Trinajstić information content (AvgIpc) is 2.86. The van der Waals surface area contributed by atoms with Crippen LogP contribution in [-0.4, -0.2) is 21.5 Å². The van der Waals surface area contributed by atoms with Crippen molar-refractivity contribution >= 4 is 8.32 Å². The Morgan fingerprint density at radius 1 is 0.806 bits per heavy atom. The lowest BCUT2D eigenvalue weighted by atomic mass is 9.85. The summed E-state index contributed by atoms with van der Waals surface area (Å²) in [6, 6.07) is 29.9. The molecule has 2 nitrogen and oxygen atoms in total. The fraction of sp³-hybridized carbons (Fsp3) is 0.394. The van der Waals surface area contributed by atoms with Gasteiger partial charge in [-0.15, -0.1) is 0 Å². The van der Waals surface area contributed by atoms with E-state index in [1.165, 1.54) is 16.7 Å². The summed E-state index contributed by atoms with van der Waals surface area (Å²) < 4.78 is 12.4. The van der Waals surface area contributed by atoms with E-state index >= 15 is 0 Å². The third-order valence-corrected chi connectivity index (χ3v) is 11.9. The maximum atomic E-state index is 6.31. The standard InChI is InChI=1S/C33H44O2Si/c1-27(17-15-25-35-36(5,6)33(2,3)4)16-14-24-34-31-23-13-22-30(26-31)32(28-18-9-7-10-19-28)29-20-11-8-12-21-29/h7-14,16,18-23,26-27,32H,15,17,24-25H2,1-6H3/b16-14+/t27-/m0/s1. The van der Waals surface area contributed by atoms with Gasteiger partial charge in [0.25, 0.3) is 0 Å². The van der Waals surface area contributed by atoms with Gasteiger partial charge in [0.2, 0.25) is 0 Å². The van der Waals surface area contributed by atoms with Crippen LogP contribution < -0.4 is 4.74 Å². The second-order valence-electron chi connectivity index (χ2n) is 11.3. The van der Waals surface area contributed by atoms with E-state index in [0.29, 0.717) is 12.5 Å². The molecule has 0 saturated heterocycles. The summed E-state index contributed by atoms with van der Waals surface area (Å²) >= 11 is 0. The first kappa shape index (κ1) is 28.0. The largest absolute Gasteiger partial charge is 0.490 e. The van der Waals surface area contributed by atoms with Crippen molar-refractivity contribution in [3.63, 3.8) is 0 Å². The molecular formula is C33H44O2Si. The quantitative estimate of drug-likeness (QED) is 0.107. The van der Waals surface area contributed by atoms with E-state index in [0.717, 1.165) is 25.2 Å². The van der Waals surface area contributed by atoms with E-state index in [1.54, 1.807) is 0 Å². The highest BCUT2D eigenvalue weighted by molar-refractivity contribution is 6.74. The maximum absolute atomic E-state index is 6.31. The summed E-state index contributed by atoms with van der Waals surface area (Å²) in [6.07, 6.45) is 6.66. The van der Waals surface area contributed by atoms with Crippen molar-refractivity contribution < 1.29 is 9.16 Å². The third kappa shape index (κ3) is 8.21. The summed E-state index contributed by atoms with van der Waals surface area (Å²) in [5.41, 5.74) is 3.81. The first-order valence-electron chi connectivity index (χ1n) is 13.3. The van der Waals surface area contributed by atoms with Crippen molar-refractivity contribution in [3.05, 3.63) is 114 Å². The van der Waals surface area contributed by atoms with Gasteiger partial charge in [-0.05, 0) is 65.7 Å². The molecule has 0 radical (unpaired) electrons. The number of benzene rings is 3. The van der Waals surface area contributed by atoms with Crippen molar-refractivity contribution in [2.45, 2.75) is 64.6 Å². The van der Waals surface area contributed by atoms with Gasteiger partial charge in [0, 0.05) is 12.5 Å². The van der Waals surface area contributed by atoms with E-state index < -0.39 is 8.32 Å². The van der Waals surface area contributed by atoms with Crippen LogP contribution in [0.5, 0.6) is 5.75 Å². The molecule has 0 aliphatic carbocycles. The first-order chi connectivity index (χ1) is 17.2. The van der Waals surface area contributed by atoms with E-state index in [4.69, 9.17) is 9.16 Å². The lowest BCUT2D eigenvalue weighted by Crippen LogP contribution is -2.41. The van der Waals surface area contributed by atoms with Gasteiger partial charge in [0.1, 0.15) is 12.4 Å². The van der Waals surface area contributed by atoms with Crippen LogP contribution in [0.4, 0.5) is 0 Å². The van der Waals surface area contributed by atoms with Gasteiger partial charge in [-0.2, -0.15) is 0 Å². The second kappa shape index (κ2) is 13.1. The summed E-state index contributed by atoms with van der Waals surface area (Å²) in [4.78, 5) is 0. The van der Waals surface area contributed by atoms with Gasteiger partial charge < -0.3 is 9.16 Å². The van der Waals surface area contributed by atoms with Gasteiger partial charge in [-0.25, -0.2) is 0 Å². The van der Waals surface area contributed by atoms with Gasteiger partial charge >= 0.3 is 0 Å². The van der Waals surface area contributed by atoms with E-state index in [1.807, 2.05) is 6.07 Å². The Hall–Kier alpha value is -2.62. The minimum Gasteiger partial charge on any atom is -0.490 e. The Kier molecular flexibility index (Phi) is 10.2. The first-order valence-corrected chi connectivity index (χ1v) is 16.2. The molecule has 0 heterocycles. The number of ether oxygens (including phenoxy) is 1. The van der Waals surface area contributed by atoms with E-state index in [2.05, 4.69) is 132 Å². The zero-order valence-electron chi connectivity index (χ0n) is 23.0. The van der Waals surface area contributed by atoms with Crippen molar-refractivity contribution in [1.82, 2.24) is 0 Å². The lowest BCUT2D eigenvalue weighted by molar-refractivity contribution is 0.274. The van der Waals surface area contributed by atoms with Crippen LogP contribution in [0.3, 0.4) is 0 Å². The number of hydrogen-bond acceptors (Lipinski definition) is 2. The topological polar surface area (TPSA) is 18.5 Å². The molecule has 0 aliphatic rings. The monoisotopic (exact) mass is 500 g/mol. The highest BCUT2D eigenvalue weighted by Gasteiger charge is 2.36. The minimum atomic E-state index is -1.64. The Labute approximate surface area is 220 Å². The van der Waals surface area contributed by atoms with Crippen molar-refractivity contribution in [3.8, 4) is 5.75 Å². The van der Waals surface area contributed by atoms with E-state index in [9.17, 15) is 0 Å². The smallest absolute Gasteiger partial charge is 0.191 e. The maximum Gasteiger partial charge on any atom is 0.191 e. The molecule has 0 aromatic heterocycles. The molecule has 3 rings (SSSR count). The van der Waals surface area contributed by atoms with Crippen LogP contribution in [-0.2, 0) is 4.43 Å².